The highest BCUT2D eigenvalue weighted by Gasteiger charge is 2.33. The van der Waals surface area contributed by atoms with Crippen LogP contribution in [0.4, 0.5) is 23.4 Å². The Bertz CT molecular complexity index is 1260. The third kappa shape index (κ3) is 3.64. The summed E-state index contributed by atoms with van der Waals surface area (Å²) >= 11 is 0. The van der Waals surface area contributed by atoms with Crippen molar-refractivity contribution in [2.45, 2.75) is 25.3 Å². The molecule has 1 fully saturated rings. The fraction of sp³-hybridized carbons (Fsp3) is 0.316. The Hall–Kier alpha value is -3.61. The molecule has 0 saturated carbocycles. The van der Waals surface area contributed by atoms with E-state index in [1.165, 1.54) is 10.6 Å². The van der Waals surface area contributed by atoms with Crippen molar-refractivity contribution in [3.8, 4) is 11.5 Å². The predicted octanol–water partition coefficient (Wildman–Crippen LogP) is 3.03. The van der Waals surface area contributed by atoms with Gasteiger partial charge in [-0.2, -0.15) is 18.3 Å². The highest BCUT2D eigenvalue weighted by Crippen LogP contribution is 2.31. The summed E-state index contributed by atoms with van der Waals surface area (Å²) in [5, 5.41) is 6.65. The van der Waals surface area contributed by atoms with Crippen molar-refractivity contribution in [1.82, 2.24) is 34.5 Å². The molecule has 0 radical (unpaired) electrons. The van der Waals surface area contributed by atoms with Gasteiger partial charge in [-0.15, -0.1) is 0 Å². The number of aromatic nitrogens is 7. The smallest absolute Gasteiger partial charge is 0.367 e. The molecule has 9 nitrogen and oxygen atoms in total. The Labute approximate surface area is 178 Å². The second-order valence-corrected chi connectivity index (χ2v) is 7.38. The Balaban J connectivity index is 1.53. The maximum absolute atomic E-state index is 14.7. The molecule has 4 aromatic heterocycles. The molecule has 1 aliphatic rings. The van der Waals surface area contributed by atoms with Crippen molar-refractivity contribution in [2.75, 3.05) is 18.0 Å². The molecule has 2 unspecified atom stereocenters. The number of H-pyrrole nitrogens is 1. The number of ether oxygens (including phenoxy) is 1. The van der Waals surface area contributed by atoms with Crippen molar-refractivity contribution in [1.29, 1.82) is 0 Å². The lowest BCUT2D eigenvalue weighted by atomic mass is 10.1. The summed E-state index contributed by atoms with van der Waals surface area (Å²) in [6, 6.07) is 0. The van der Waals surface area contributed by atoms with Gasteiger partial charge in [0.1, 0.15) is 11.8 Å². The second kappa shape index (κ2) is 7.51. The fourth-order valence-corrected chi connectivity index (χ4v) is 3.65. The zero-order chi connectivity index (χ0) is 22.5. The summed E-state index contributed by atoms with van der Waals surface area (Å²) in [6.45, 7) is 2.54. The monoisotopic (exact) mass is 448 g/mol. The Kier molecular flexibility index (Phi) is 4.77. The Morgan fingerprint density at radius 2 is 1.94 bits per heavy atom. The van der Waals surface area contributed by atoms with Gasteiger partial charge >= 0.3 is 6.18 Å². The molecule has 0 aliphatic carbocycles. The lowest BCUT2D eigenvalue weighted by Gasteiger charge is -2.37. The van der Waals surface area contributed by atoms with Gasteiger partial charge in [0.15, 0.2) is 28.8 Å². The van der Waals surface area contributed by atoms with Crippen LogP contribution in [0.25, 0.3) is 17.2 Å². The van der Waals surface area contributed by atoms with E-state index in [1.807, 2.05) is 6.92 Å². The molecule has 0 amide bonds. The summed E-state index contributed by atoms with van der Waals surface area (Å²) in [4.78, 5) is 17.5. The maximum atomic E-state index is 14.7. The van der Waals surface area contributed by atoms with Crippen molar-refractivity contribution in [3.05, 3.63) is 54.3 Å². The molecule has 166 valence electrons. The number of nitrogens with zero attached hydrogens (tertiary/aromatic N) is 7. The van der Waals surface area contributed by atoms with Gasteiger partial charge < -0.3 is 9.64 Å². The molecule has 1 N–H and O–H groups in total. The number of imidazole rings is 1. The number of alkyl halides is 3. The Morgan fingerprint density at radius 3 is 2.69 bits per heavy atom. The minimum absolute atomic E-state index is 0.0266. The first-order chi connectivity index (χ1) is 15.3. The van der Waals surface area contributed by atoms with E-state index < -0.39 is 17.7 Å². The molecule has 13 heteroatoms. The van der Waals surface area contributed by atoms with Crippen LogP contribution in [0.2, 0.25) is 0 Å². The first kappa shape index (κ1) is 20.3. The normalized spacial score (nSPS) is 19.6. The standard InChI is InChI=1S/C19H16F4N8O/c1-10-7-30(8-14(32-10)11-2-27-28-3-11)18-12(20)4-26-17(29-18)13-5-25-16-6-24-15(9-31(13)16)19(21,22)23/h2-6,9-10,14H,7-8H2,1H3,(H,27,28). The van der Waals surface area contributed by atoms with Gasteiger partial charge in [-0.25, -0.2) is 24.3 Å². The number of hydrogen-bond donors (Lipinski definition) is 1. The maximum Gasteiger partial charge on any atom is 0.434 e. The molecule has 0 bridgehead atoms. The van der Waals surface area contributed by atoms with Gasteiger partial charge in [-0.05, 0) is 6.92 Å². The van der Waals surface area contributed by atoms with Gasteiger partial charge in [0.25, 0.3) is 0 Å². The number of anilines is 1. The average molecular weight is 448 g/mol. The van der Waals surface area contributed by atoms with E-state index in [4.69, 9.17) is 4.74 Å². The summed E-state index contributed by atoms with van der Waals surface area (Å²) in [5.41, 5.74) is 0.0890. The van der Waals surface area contributed by atoms with Crippen LogP contribution < -0.4 is 4.90 Å². The highest BCUT2D eigenvalue weighted by atomic mass is 19.4. The largest absolute Gasteiger partial charge is 0.434 e. The van der Waals surface area contributed by atoms with Crippen LogP contribution in [0.1, 0.15) is 24.3 Å². The quantitative estimate of drug-likeness (QED) is 0.481. The summed E-state index contributed by atoms with van der Waals surface area (Å²) in [6.07, 6.45) is 2.27. The SMILES string of the molecule is CC1CN(c2nc(-c3cnc4cnc(C(F)(F)F)cn34)ncc2F)CC(c2cn[nH]c2)O1. The van der Waals surface area contributed by atoms with Gasteiger partial charge in [-0.1, -0.05) is 0 Å². The van der Waals surface area contributed by atoms with Crippen LogP contribution in [0.3, 0.4) is 0 Å². The van der Waals surface area contributed by atoms with Gasteiger partial charge in [0, 0.05) is 24.5 Å². The molecule has 4 aromatic rings. The number of morpholine rings is 1. The van der Waals surface area contributed by atoms with E-state index in [0.717, 1.165) is 24.2 Å². The van der Waals surface area contributed by atoms with Crippen LogP contribution in [0.5, 0.6) is 0 Å². The first-order valence-electron chi connectivity index (χ1n) is 9.62. The minimum Gasteiger partial charge on any atom is -0.367 e. The molecule has 32 heavy (non-hydrogen) atoms. The third-order valence-corrected chi connectivity index (χ3v) is 5.09. The van der Waals surface area contributed by atoms with Crippen LogP contribution in [-0.2, 0) is 10.9 Å². The number of aromatic amines is 1. The van der Waals surface area contributed by atoms with E-state index in [2.05, 4.69) is 30.1 Å². The number of nitrogens with one attached hydrogen (secondary N) is 1. The molecular formula is C19H16F4N8O. The zero-order valence-corrected chi connectivity index (χ0v) is 16.6. The molecular weight excluding hydrogens is 432 g/mol. The number of fused-ring (bicyclic) bond motifs is 1. The molecule has 5 heterocycles. The second-order valence-electron chi connectivity index (χ2n) is 7.38. The van der Waals surface area contributed by atoms with E-state index in [9.17, 15) is 17.6 Å². The molecule has 0 spiro atoms. The number of hydrogen-bond acceptors (Lipinski definition) is 7. The van der Waals surface area contributed by atoms with Crippen molar-refractivity contribution in [2.24, 2.45) is 0 Å². The molecule has 1 aliphatic heterocycles. The van der Waals surface area contributed by atoms with Gasteiger partial charge in [0.05, 0.1) is 37.4 Å². The minimum atomic E-state index is -4.63. The summed E-state index contributed by atoms with van der Waals surface area (Å²) in [5.74, 6) is -0.591. The number of halogens is 4. The average Bonchev–Trinajstić information content (AvgIpc) is 3.43. The lowest BCUT2D eigenvalue weighted by Crippen LogP contribution is -2.43. The molecule has 5 rings (SSSR count). The summed E-state index contributed by atoms with van der Waals surface area (Å²) < 4.78 is 61.1. The summed E-state index contributed by atoms with van der Waals surface area (Å²) in [7, 11) is 0. The zero-order valence-electron chi connectivity index (χ0n) is 16.6. The van der Waals surface area contributed by atoms with E-state index in [1.54, 1.807) is 17.3 Å². The van der Waals surface area contributed by atoms with Crippen molar-refractivity contribution in [3.63, 3.8) is 0 Å². The van der Waals surface area contributed by atoms with Gasteiger partial charge in [0.2, 0.25) is 0 Å². The van der Waals surface area contributed by atoms with Crippen LogP contribution >= 0.6 is 0 Å². The molecule has 1 saturated heterocycles. The predicted molar refractivity (Wildman–Crippen MR) is 103 cm³/mol. The van der Waals surface area contributed by atoms with Crippen LogP contribution in [-0.4, -0.2) is 53.7 Å². The van der Waals surface area contributed by atoms with Crippen LogP contribution in [0.15, 0.2) is 37.2 Å². The van der Waals surface area contributed by atoms with Crippen molar-refractivity contribution < 1.29 is 22.3 Å². The Morgan fingerprint density at radius 1 is 1.09 bits per heavy atom. The number of rotatable bonds is 3. The van der Waals surface area contributed by atoms with E-state index >= 15 is 0 Å². The fourth-order valence-electron chi connectivity index (χ4n) is 3.65. The van der Waals surface area contributed by atoms with Gasteiger partial charge in [-0.3, -0.25) is 9.50 Å². The van der Waals surface area contributed by atoms with Crippen LogP contribution in [0, 0.1) is 5.82 Å². The molecule has 0 aromatic carbocycles. The first-order valence-corrected chi connectivity index (χ1v) is 9.62. The highest BCUT2D eigenvalue weighted by molar-refractivity contribution is 5.58. The van der Waals surface area contributed by atoms with E-state index in [0.29, 0.717) is 13.1 Å². The topological polar surface area (TPSA) is 97.1 Å². The third-order valence-electron chi connectivity index (χ3n) is 5.09. The lowest BCUT2D eigenvalue weighted by molar-refractivity contribution is -0.141. The van der Waals surface area contributed by atoms with E-state index in [-0.39, 0.29) is 35.2 Å². The molecule has 2 atom stereocenters. The van der Waals surface area contributed by atoms with Crippen molar-refractivity contribution >= 4 is 11.5 Å².